The highest BCUT2D eigenvalue weighted by Crippen LogP contribution is 2.25. The highest BCUT2D eigenvalue weighted by Gasteiger charge is 2.23. The molecule has 1 aliphatic heterocycles. The first-order valence-electron chi connectivity index (χ1n) is 7.28. The third-order valence-electron chi connectivity index (χ3n) is 3.36. The van der Waals surface area contributed by atoms with Crippen molar-refractivity contribution in [1.82, 2.24) is 5.32 Å². The normalized spacial score (nSPS) is 23.6. The smallest absolute Gasteiger partial charge is 0.119 e. The lowest BCUT2D eigenvalue weighted by molar-refractivity contribution is -0.0474. The van der Waals surface area contributed by atoms with Crippen molar-refractivity contribution in [3.05, 3.63) is 29.8 Å². The fourth-order valence-electron chi connectivity index (χ4n) is 2.51. The lowest BCUT2D eigenvalue weighted by Gasteiger charge is -2.32. The lowest BCUT2D eigenvalue weighted by atomic mass is 10.0. The van der Waals surface area contributed by atoms with Crippen LogP contribution < -0.4 is 10.1 Å². The Morgan fingerprint density at radius 1 is 1.26 bits per heavy atom. The van der Waals surface area contributed by atoms with E-state index in [4.69, 9.17) is 9.47 Å². The maximum atomic E-state index is 6.18. The topological polar surface area (TPSA) is 30.5 Å². The molecule has 0 amide bonds. The van der Waals surface area contributed by atoms with E-state index in [1.54, 1.807) is 0 Å². The molecular formula is C16H25NO2. The van der Waals surface area contributed by atoms with Crippen LogP contribution in [0.3, 0.4) is 0 Å². The number of nitrogens with one attached hydrogen (secondary N) is 1. The van der Waals surface area contributed by atoms with Crippen LogP contribution in [0.25, 0.3) is 0 Å². The van der Waals surface area contributed by atoms with Crippen LogP contribution in [-0.4, -0.2) is 25.8 Å². The van der Waals surface area contributed by atoms with Crippen molar-refractivity contribution in [2.24, 2.45) is 5.92 Å². The van der Waals surface area contributed by atoms with Gasteiger partial charge in [0.1, 0.15) is 5.75 Å². The molecule has 1 saturated heterocycles. The number of benzene rings is 1. The van der Waals surface area contributed by atoms with Crippen molar-refractivity contribution in [3.8, 4) is 5.75 Å². The average molecular weight is 263 g/mol. The van der Waals surface area contributed by atoms with Crippen LogP contribution in [-0.2, 0) is 4.74 Å². The van der Waals surface area contributed by atoms with Crippen LogP contribution in [0.4, 0.5) is 0 Å². The summed E-state index contributed by atoms with van der Waals surface area (Å²) < 4.78 is 11.6. The maximum Gasteiger partial charge on any atom is 0.119 e. The summed E-state index contributed by atoms with van der Waals surface area (Å²) in [7, 11) is 0. The van der Waals surface area contributed by atoms with Crippen LogP contribution >= 0.6 is 0 Å². The van der Waals surface area contributed by atoms with Gasteiger partial charge in [0.25, 0.3) is 0 Å². The predicted molar refractivity (Wildman–Crippen MR) is 77.5 cm³/mol. The van der Waals surface area contributed by atoms with E-state index in [0.717, 1.165) is 25.3 Å². The number of hydrogen-bond acceptors (Lipinski definition) is 3. The van der Waals surface area contributed by atoms with Gasteiger partial charge in [-0.05, 0) is 37.0 Å². The molecule has 1 aromatic rings. The Hall–Kier alpha value is -1.06. The van der Waals surface area contributed by atoms with E-state index >= 15 is 0 Å². The van der Waals surface area contributed by atoms with Gasteiger partial charge in [0.2, 0.25) is 0 Å². The molecule has 2 unspecified atom stereocenters. The molecule has 0 radical (unpaired) electrons. The van der Waals surface area contributed by atoms with E-state index < -0.39 is 0 Å². The highest BCUT2D eigenvalue weighted by molar-refractivity contribution is 5.29. The summed E-state index contributed by atoms with van der Waals surface area (Å²) in [5.74, 6) is 1.60. The van der Waals surface area contributed by atoms with E-state index in [-0.39, 0.29) is 6.10 Å². The second-order valence-corrected chi connectivity index (χ2v) is 5.54. The molecular weight excluding hydrogens is 238 g/mol. The first-order valence-corrected chi connectivity index (χ1v) is 7.28. The van der Waals surface area contributed by atoms with Gasteiger partial charge in [-0.3, -0.25) is 0 Å². The van der Waals surface area contributed by atoms with Gasteiger partial charge in [-0.2, -0.15) is 0 Å². The Labute approximate surface area is 116 Å². The molecule has 2 atom stereocenters. The van der Waals surface area contributed by atoms with Crippen molar-refractivity contribution >= 4 is 0 Å². The highest BCUT2D eigenvalue weighted by atomic mass is 16.5. The molecule has 0 saturated carbocycles. The molecule has 1 aliphatic rings. The number of ether oxygens (including phenoxy) is 2. The fraction of sp³-hybridized carbons (Fsp3) is 0.625. The molecule has 0 spiro atoms. The van der Waals surface area contributed by atoms with Crippen molar-refractivity contribution in [2.75, 3.05) is 19.7 Å². The van der Waals surface area contributed by atoms with Gasteiger partial charge in [0, 0.05) is 13.1 Å². The molecule has 0 aromatic heterocycles. The van der Waals surface area contributed by atoms with Crippen molar-refractivity contribution in [3.63, 3.8) is 0 Å². The number of rotatable bonds is 5. The van der Waals surface area contributed by atoms with Gasteiger partial charge < -0.3 is 14.8 Å². The third-order valence-corrected chi connectivity index (χ3v) is 3.36. The Morgan fingerprint density at radius 3 is 2.63 bits per heavy atom. The first kappa shape index (κ1) is 14.4. The monoisotopic (exact) mass is 263 g/mol. The second-order valence-electron chi connectivity index (χ2n) is 5.54. The zero-order valence-corrected chi connectivity index (χ0v) is 12.2. The molecule has 3 heteroatoms. The molecule has 1 heterocycles. The predicted octanol–water partition coefficient (Wildman–Crippen LogP) is 3.16. The molecule has 3 nitrogen and oxygen atoms in total. The molecule has 2 rings (SSSR count). The molecule has 0 bridgehead atoms. The summed E-state index contributed by atoms with van der Waals surface area (Å²) in [6, 6.07) is 8.26. The van der Waals surface area contributed by atoms with E-state index in [1.807, 2.05) is 19.1 Å². The van der Waals surface area contributed by atoms with Gasteiger partial charge in [-0.15, -0.1) is 0 Å². The zero-order valence-electron chi connectivity index (χ0n) is 12.2. The van der Waals surface area contributed by atoms with Gasteiger partial charge in [0.15, 0.2) is 0 Å². The standard InChI is InChI=1S/C16H25NO2/c1-4-18-14-7-5-13(6-8-14)16-11-17-10-15(19-16)9-12(2)3/h5-8,12,15-17H,4,9-11H2,1-3H3. The van der Waals surface area contributed by atoms with Crippen molar-refractivity contribution in [2.45, 2.75) is 39.4 Å². The molecule has 106 valence electrons. The fourth-order valence-corrected chi connectivity index (χ4v) is 2.51. The van der Waals surface area contributed by atoms with E-state index in [2.05, 4.69) is 31.3 Å². The van der Waals surface area contributed by atoms with Crippen molar-refractivity contribution < 1.29 is 9.47 Å². The van der Waals surface area contributed by atoms with Crippen LogP contribution in [0.5, 0.6) is 5.75 Å². The number of hydrogen-bond donors (Lipinski definition) is 1. The zero-order chi connectivity index (χ0) is 13.7. The third kappa shape index (κ3) is 4.22. The van der Waals surface area contributed by atoms with Crippen LogP contribution in [0.1, 0.15) is 38.9 Å². The van der Waals surface area contributed by atoms with E-state index in [1.165, 1.54) is 5.56 Å². The lowest BCUT2D eigenvalue weighted by Crippen LogP contribution is -2.41. The minimum atomic E-state index is 0.160. The summed E-state index contributed by atoms with van der Waals surface area (Å²) >= 11 is 0. The van der Waals surface area contributed by atoms with Gasteiger partial charge in [0.05, 0.1) is 18.8 Å². The molecule has 1 N–H and O–H groups in total. The summed E-state index contributed by atoms with van der Waals surface area (Å²) in [4.78, 5) is 0. The summed E-state index contributed by atoms with van der Waals surface area (Å²) in [6.07, 6.45) is 1.60. The van der Waals surface area contributed by atoms with Gasteiger partial charge in [-0.1, -0.05) is 26.0 Å². The van der Waals surface area contributed by atoms with Gasteiger partial charge in [-0.25, -0.2) is 0 Å². The van der Waals surface area contributed by atoms with Crippen LogP contribution in [0.2, 0.25) is 0 Å². The largest absolute Gasteiger partial charge is 0.494 e. The van der Waals surface area contributed by atoms with Crippen LogP contribution in [0.15, 0.2) is 24.3 Å². The SMILES string of the molecule is CCOc1ccc(C2CNCC(CC(C)C)O2)cc1. The van der Waals surface area contributed by atoms with E-state index in [0.29, 0.717) is 18.6 Å². The summed E-state index contributed by atoms with van der Waals surface area (Å²) in [5.41, 5.74) is 1.23. The van der Waals surface area contributed by atoms with E-state index in [9.17, 15) is 0 Å². The van der Waals surface area contributed by atoms with Crippen LogP contribution in [0, 0.1) is 5.92 Å². The molecule has 19 heavy (non-hydrogen) atoms. The van der Waals surface area contributed by atoms with Crippen molar-refractivity contribution in [1.29, 1.82) is 0 Å². The Balaban J connectivity index is 1.96. The summed E-state index contributed by atoms with van der Waals surface area (Å²) in [6.45, 7) is 9.04. The first-order chi connectivity index (χ1) is 9.19. The Morgan fingerprint density at radius 2 is 2.00 bits per heavy atom. The molecule has 0 aliphatic carbocycles. The minimum Gasteiger partial charge on any atom is -0.494 e. The Bertz CT molecular complexity index is 375. The summed E-state index contributed by atoms with van der Waals surface area (Å²) in [5, 5.41) is 3.47. The molecule has 1 fully saturated rings. The quantitative estimate of drug-likeness (QED) is 0.885. The minimum absolute atomic E-state index is 0.160. The average Bonchev–Trinajstić information content (AvgIpc) is 2.39. The number of morpholine rings is 1. The van der Waals surface area contributed by atoms with Gasteiger partial charge >= 0.3 is 0 Å². The molecule has 1 aromatic carbocycles. The second kappa shape index (κ2) is 6.92. The maximum absolute atomic E-state index is 6.18. The Kier molecular flexibility index (Phi) is 5.23.